The molecule has 0 spiro atoms. The smallest absolute Gasteiger partial charge is 0.329 e. The molecule has 1 atom stereocenters. The van der Waals surface area contributed by atoms with Crippen LogP contribution in [0, 0.1) is 0 Å². The average molecular weight is 311 g/mol. The maximum atomic E-state index is 12.2. The highest BCUT2D eigenvalue weighted by Gasteiger charge is 2.41. The van der Waals surface area contributed by atoms with Gasteiger partial charge in [0.1, 0.15) is 6.04 Å². The monoisotopic (exact) mass is 311 g/mol. The van der Waals surface area contributed by atoms with E-state index in [9.17, 15) is 14.4 Å². The lowest BCUT2D eigenvalue weighted by molar-refractivity contribution is -0.150. The van der Waals surface area contributed by atoms with Crippen LogP contribution in [-0.4, -0.2) is 34.7 Å². The molecule has 0 radical (unpaired) electrons. The van der Waals surface area contributed by atoms with Crippen molar-refractivity contribution in [2.24, 2.45) is 0 Å². The minimum Gasteiger partial charge on any atom is -0.464 e. The van der Waals surface area contributed by atoms with Crippen LogP contribution in [0.5, 0.6) is 0 Å². The maximum Gasteiger partial charge on any atom is 0.329 e. The van der Waals surface area contributed by atoms with Crippen LogP contribution >= 0.6 is 23.1 Å². The molecule has 0 bridgehead atoms. The molecule has 0 unspecified atom stereocenters. The molecule has 0 aromatic carbocycles. The van der Waals surface area contributed by atoms with Crippen molar-refractivity contribution in [3.8, 4) is 0 Å². The first-order valence-electron chi connectivity index (χ1n) is 6.01. The van der Waals surface area contributed by atoms with Gasteiger partial charge in [0.25, 0.3) is 11.1 Å². The summed E-state index contributed by atoms with van der Waals surface area (Å²) in [5.41, 5.74) is 0. The molecule has 1 aliphatic heterocycles. The number of amides is 2. The minimum absolute atomic E-state index is 0.213. The van der Waals surface area contributed by atoms with Crippen molar-refractivity contribution >= 4 is 46.3 Å². The third-order valence-corrected chi connectivity index (χ3v) is 4.36. The summed E-state index contributed by atoms with van der Waals surface area (Å²) in [4.78, 5) is 37.9. The van der Waals surface area contributed by atoms with Gasteiger partial charge in [0.05, 0.1) is 11.5 Å². The van der Waals surface area contributed by atoms with Crippen molar-refractivity contribution in [3.05, 3.63) is 27.3 Å². The molecule has 1 fully saturated rings. The predicted octanol–water partition coefficient (Wildman–Crippen LogP) is 2.74. The topological polar surface area (TPSA) is 63.7 Å². The minimum atomic E-state index is -0.906. The number of rotatable bonds is 4. The zero-order valence-electron chi connectivity index (χ0n) is 11.0. The summed E-state index contributed by atoms with van der Waals surface area (Å²) in [6.07, 6.45) is 1.66. The standard InChI is InChI=1S/C13H13NO4S2/c1-3-18-12(16)8(2)14-11(15)10(20-13(14)17)7-9-5-4-6-19-9/h4-8H,3H2,1-2H3/b10-7+/t8-/m1/s1. The summed E-state index contributed by atoms with van der Waals surface area (Å²) < 4.78 is 4.84. The number of esters is 1. The van der Waals surface area contributed by atoms with Crippen molar-refractivity contribution < 1.29 is 19.1 Å². The average Bonchev–Trinajstić information content (AvgIpc) is 2.99. The molecule has 20 heavy (non-hydrogen) atoms. The van der Waals surface area contributed by atoms with E-state index in [0.717, 1.165) is 21.5 Å². The van der Waals surface area contributed by atoms with Crippen LogP contribution in [0.1, 0.15) is 18.7 Å². The Hall–Kier alpha value is -1.60. The van der Waals surface area contributed by atoms with Crippen LogP contribution < -0.4 is 0 Å². The van der Waals surface area contributed by atoms with Crippen LogP contribution in [0.4, 0.5) is 4.79 Å². The Balaban J connectivity index is 2.19. The molecule has 7 heteroatoms. The summed E-state index contributed by atoms with van der Waals surface area (Å²) in [6, 6.07) is 2.81. The van der Waals surface area contributed by atoms with Gasteiger partial charge in [0, 0.05) is 4.88 Å². The number of carbonyl (C=O) groups is 3. The van der Waals surface area contributed by atoms with Crippen molar-refractivity contribution in [3.63, 3.8) is 0 Å². The molecule has 0 saturated carbocycles. The second-order valence-electron chi connectivity index (χ2n) is 4.00. The van der Waals surface area contributed by atoms with Gasteiger partial charge in [-0.1, -0.05) is 6.07 Å². The molecule has 1 aliphatic rings. The van der Waals surface area contributed by atoms with E-state index in [0.29, 0.717) is 4.91 Å². The van der Waals surface area contributed by atoms with Crippen molar-refractivity contribution in [2.75, 3.05) is 6.61 Å². The Labute approximate surface area is 124 Å². The molecule has 1 aromatic rings. The molecule has 0 aliphatic carbocycles. The largest absolute Gasteiger partial charge is 0.464 e. The molecule has 5 nitrogen and oxygen atoms in total. The number of thiophene rings is 1. The van der Waals surface area contributed by atoms with Gasteiger partial charge < -0.3 is 4.74 Å². The van der Waals surface area contributed by atoms with Crippen LogP contribution in [0.2, 0.25) is 0 Å². The third-order valence-electron chi connectivity index (χ3n) is 2.66. The summed E-state index contributed by atoms with van der Waals surface area (Å²) >= 11 is 2.31. The predicted molar refractivity (Wildman–Crippen MR) is 78.2 cm³/mol. The van der Waals surface area contributed by atoms with Gasteiger partial charge in [-0.15, -0.1) is 11.3 Å². The molecule has 2 rings (SSSR count). The molecular weight excluding hydrogens is 298 g/mol. The van der Waals surface area contributed by atoms with Crippen LogP contribution in [0.25, 0.3) is 6.08 Å². The lowest BCUT2D eigenvalue weighted by atomic mass is 10.3. The first-order chi connectivity index (χ1) is 9.54. The molecule has 0 N–H and O–H groups in total. The molecule has 1 aromatic heterocycles. The molecule has 1 saturated heterocycles. The summed E-state index contributed by atoms with van der Waals surface area (Å²) in [5.74, 6) is -1.03. The van der Waals surface area contributed by atoms with Gasteiger partial charge >= 0.3 is 5.97 Å². The first kappa shape index (κ1) is 14.8. The van der Waals surface area contributed by atoms with E-state index in [1.54, 1.807) is 13.0 Å². The van der Waals surface area contributed by atoms with Crippen molar-refractivity contribution in [1.82, 2.24) is 4.90 Å². The number of imide groups is 1. The lowest BCUT2D eigenvalue weighted by Gasteiger charge is -2.19. The summed E-state index contributed by atoms with van der Waals surface area (Å²) in [6.45, 7) is 3.38. The van der Waals surface area contributed by atoms with Gasteiger partial charge in [0.2, 0.25) is 0 Å². The van der Waals surface area contributed by atoms with E-state index < -0.39 is 23.2 Å². The van der Waals surface area contributed by atoms with Crippen molar-refractivity contribution in [1.29, 1.82) is 0 Å². The maximum absolute atomic E-state index is 12.2. The SMILES string of the molecule is CCOC(=O)[C@@H](C)N1C(=O)S/C(=C/c2cccs2)C1=O. The Bertz CT molecular complexity index is 565. The number of nitrogens with zero attached hydrogens (tertiary/aromatic N) is 1. The molecular formula is C13H13NO4S2. The number of ether oxygens (including phenoxy) is 1. The van der Waals surface area contributed by atoms with E-state index in [-0.39, 0.29) is 6.61 Å². The van der Waals surface area contributed by atoms with Gasteiger partial charge in [-0.25, -0.2) is 4.79 Å². The number of thioether (sulfide) groups is 1. The quantitative estimate of drug-likeness (QED) is 0.632. The Morgan fingerprint density at radius 1 is 1.50 bits per heavy atom. The van der Waals surface area contributed by atoms with E-state index in [1.165, 1.54) is 18.3 Å². The Morgan fingerprint density at radius 2 is 2.25 bits per heavy atom. The summed E-state index contributed by atoms with van der Waals surface area (Å²) in [7, 11) is 0. The van der Waals surface area contributed by atoms with Crippen molar-refractivity contribution in [2.45, 2.75) is 19.9 Å². The van der Waals surface area contributed by atoms with Gasteiger partial charge in [0.15, 0.2) is 0 Å². The fourth-order valence-electron chi connectivity index (χ4n) is 1.68. The Kier molecular flexibility index (Phi) is 4.61. The van der Waals surface area contributed by atoms with E-state index >= 15 is 0 Å². The third kappa shape index (κ3) is 2.94. The van der Waals surface area contributed by atoms with Gasteiger partial charge in [-0.05, 0) is 43.1 Å². The normalized spacial score (nSPS) is 18.7. The highest BCUT2D eigenvalue weighted by Crippen LogP contribution is 2.34. The molecule has 106 valence electrons. The summed E-state index contributed by atoms with van der Waals surface area (Å²) in [5, 5.41) is 1.44. The fourth-order valence-corrected chi connectivity index (χ4v) is 3.32. The number of hydrogen-bond acceptors (Lipinski definition) is 6. The number of carbonyl (C=O) groups excluding carboxylic acids is 3. The van der Waals surface area contributed by atoms with E-state index in [4.69, 9.17) is 4.74 Å². The first-order valence-corrected chi connectivity index (χ1v) is 7.71. The fraction of sp³-hybridized carbons (Fsp3) is 0.308. The van der Waals surface area contributed by atoms with Gasteiger partial charge in [-0.2, -0.15) is 0 Å². The highest BCUT2D eigenvalue weighted by molar-refractivity contribution is 8.18. The van der Waals surface area contributed by atoms with Crippen LogP contribution in [0.15, 0.2) is 22.4 Å². The van der Waals surface area contributed by atoms with Crippen LogP contribution in [0.3, 0.4) is 0 Å². The number of hydrogen-bond donors (Lipinski definition) is 0. The molecule has 2 heterocycles. The highest BCUT2D eigenvalue weighted by atomic mass is 32.2. The van der Waals surface area contributed by atoms with E-state index in [2.05, 4.69) is 0 Å². The zero-order valence-corrected chi connectivity index (χ0v) is 12.6. The second kappa shape index (κ2) is 6.23. The second-order valence-corrected chi connectivity index (χ2v) is 5.97. The van der Waals surface area contributed by atoms with Gasteiger partial charge in [-0.3, -0.25) is 14.5 Å². The van der Waals surface area contributed by atoms with E-state index in [1.807, 2.05) is 17.5 Å². The van der Waals surface area contributed by atoms with Crippen LogP contribution in [-0.2, 0) is 14.3 Å². The molecule has 2 amide bonds. The zero-order chi connectivity index (χ0) is 14.7. The Morgan fingerprint density at radius 3 is 2.85 bits per heavy atom. The lowest BCUT2D eigenvalue weighted by Crippen LogP contribution is -2.42.